The Kier molecular flexibility index (Phi) is 3.34. The smallest absolute Gasteiger partial charge is 0.0593 e. The fourth-order valence-electron chi connectivity index (χ4n) is 1.73. The first-order chi connectivity index (χ1) is 7.29. The highest BCUT2D eigenvalue weighted by atomic mass is 35.5. The topological polar surface area (TPSA) is 33.3 Å². The van der Waals surface area contributed by atoms with Crippen molar-refractivity contribution in [3.05, 3.63) is 23.2 Å². The number of benzene rings is 1. The second-order valence-corrected chi connectivity index (χ2v) is 4.13. The molecule has 1 aliphatic rings. The monoisotopic (exact) mass is 226 g/mol. The van der Waals surface area contributed by atoms with Crippen molar-refractivity contribution in [1.82, 2.24) is 0 Å². The van der Waals surface area contributed by atoms with E-state index in [1.54, 1.807) is 7.11 Å². The Morgan fingerprint density at radius 1 is 1.47 bits per heavy atom. The maximum atomic E-state index is 5.94. The Bertz CT molecular complexity index is 343. The van der Waals surface area contributed by atoms with Gasteiger partial charge in [-0.2, -0.15) is 0 Å². The van der Waals surface area contributed by atoms with E-state index in [0.717, 1.165) is 36.0 Å². The van der Waals surface area contributed by atoms with Crippen molar-refractivity contribution in [3.63, 3.8) is 0 Å². The zero-order valence-corrected chi connectivity index (χ0v) is 9.47. The van der Waals surface area contributed by atoms with Gasteiger partial charge in [0.15, 0.2) is 0 Å². The van der Waals surface area contributed by atoms with Crippen LogP contribution in [0.1, 0.15) is 6.42 Å². The molecule has 0 radical (unpaired) electrons. The van der Waals surface area contributed by atoms with E-state index in [4.69, 9.17) is 16.3 Å². The van der Waals surface area contributed by atoms with Crippen molar-refractivity contribution in [3.8, 4) is 0 Å². The van der Waals surface area contributed by atoms with Gasteiger partial charge in [0.2, 0.25) is 0 Å². The van der Waals surface area contributed by atoms with Crippen LogP contribution in [-0.4, -0.2) is 26.3 Å². The third-order valence-electron chi connectivity index (χ3n) is 2.55. The number of hydrogen-bond donors (Lipinski definition) is 2. The summed E-state index contributed by atoms with van der Waals surface area (Å²) in [6.07, 6.45) is 0.995. The summed E-state index contributed by atoms with van der Waals surface area (Å²) in [5.74, 6) is 0. The van der Waals surface area contributed by atoms with Gasteiger partial charge >= 0.3 is 0 Å². The van der Waals surface area contributed by atoms with Crippen LogP contribution in [-0.2, 0) is 4.74 Å². The predicted molar refractivity (Wildman–Crippen MR) is 63.8 cm³/mol. The van der Waals surface area contributed by atoms with E-state index < -0.39 is 0 Å². The van der Waals surface area contributed by atoms with Gasteiger partial charge in [-0.25, -0.2) is 0 Å². The average Bonchev–Trinajstić information content (AvgIpc) is 2.25. The predicted octanol–water partition coefficient (Wildman–Crippen LogP) is 2.58. The molecule has 1 aromatic rings. The number of anilines is 2. The van der Waals surface area contributed by atoms with Crippen LogP contribution in [0.4, 0.5) is 11.4 Å². The average molecular weight is 227 g/mol. The van der Waals surface area contributed by atoms with Gasteiger partial charge in [0, 0.05) is 31.3 Å². The van der Waals surface area contributed by atoms with Crippen LogP contribution in [0.5, 0.6) is 0 Å². The van der Waals surface area contributed by atoms with Gasteiger partial charge in [-0.1, -0.05) is 11.6 Å². The Balaban J connectivity index is 2.05. The van der Waals surface area contributed by atoms with Gasteiger partial charge in [-0.15, -0.1) is 0 Å². The molecular weight excluding hydrogens is 212 g/mol. The fourth-order valence-corrected chi connectivity index (χ4v) is 1.90. The second kappa shape index (κ2) is 4.73. The Morgan fingerprint density at radius 2 is 2.33 bits per heavy atom. The molecule has 15 heavy (non-hydrogen) atoms. The molecule has 0 saturated heterocycles. The lowest BCUT2D eigenvalue weighted by Crippen LogP contribution is -2.33. The van der Waals surface area contributed by atoms with Gasteiger partial charge in [0.05, 0.1) is 11.4 Å². The van der Waals surface area contributed by atoms with Gasteiger partial charge < -0.3 is 15.4 Å². The molecule has 0 spiro atoms. The van der Waals surface area contributed by atoms with Crippen LogP contribution >= 0.6 is 11.6 Å². The molecule has 0 aromatic heterocycles. The Hall–Kier alpha value is -0.930. The molecule has 1 atom stereocenters. The van der Waals surface area contributed by atoms with Crippen LogP contribution in [0.2, 0.25) is 5.02 Å². The third-order valence-corrected chi connectivity index (χ3v) is 2.79. The molecule has 1 aromatic carbocycles. The van der Waals surface area contributed by atoms with Gasteiger partial charge in [0.1, 0.15) is 0 Å². The summed E-state index contributed by atoms with van der Waals surface area (Å²) < 4.78 is 5.06. The molecule has 82 valence electrons. The lowest BCUT2D eigenvalue weighted by molar-refractivity contribution is 0.190. The SMILES string of the molecule is COCCC1CNc2ccc(Cl)cc2N1. The molecule has 2 N–H and O–H groups in total. The standard InChI is InChI=1S/C11H15ClN2O/c1-15-5-4-9-7-13-10-3-2-8(12)6-11(10)14-9/h2-3,6,9,13-14H,4-5,7H2,1H3. The third kappa shape index (κ3) is 2.55. The highest BCUT2D eigenvalue weighted by Gasteiger charge is 2.16. The van der Waals surface area contributed by atoms with Gasteiger partial charge in [-0.05, 0) is 24.6 Å². The van der Waals surface area contributed by atoms with Gasteiger partial charge in [-0.3, -0.25) is 0 Å². The molecule has 1 unspecified atom stereocenters. The van der Waals surface area contributed by atoms with E-state index in [1.165, 1.54) is 0 Å². The largest absolute Gasteiger partial charge is 0.385 e. The van der Waals surface area contributed by atoms with Crippen LogP contribution in [0.3, 0.4) is 0 Å². The van der Waals surface area contributed by atoms with E-state index in [-0.39, 0.29) is 0 Å². The minimum Gasteiger partial charge on any atom is -0.385 e. The Labute approximate surface area is 94.8 Å². The normalized spacial score (nSPS) is 18.9. The first-order valence-electron chi connectivity index (χ1n) is 5.08. The zero-order valence-electron chi connectivity index (χ0n) is 8.72. The molecule has 1 heterocycles. The maximum absolute atomic E-state index is 5.94. The molecule has 0 amide bonds. The summed E-state index contributed by atoms with van der Waals surface area (Å²) >= 11 is 5.94. The summed E-state index contributed by atoms with van der Waals surface area (Å²) in [6, 6.07) is 6.25. The summed E-state index contributed by atoms with van der Waals surface area (Å²) in [6.45, 7) is 1.70. The lowest BCUT2D eigenvalue weighted by Gasteiger charge is -2.28. The van der Waals surface area contributed by atoms with Crippen molar-refractivity contribution in [2.24, 2.45) is 0 Å². The highest BCUT2D eigenvalue weighted by Crippen LogP contribution is 2.29. The molecule has 0 saturated carbocycles. The first kappa shape index (κ1) is 10.6. The van der Waals surface area contributed by atoms with Crippen LogP contribution in [0.25, 0.3) is 0 Å². The van der Waals surface area contributed by atoms with E-state index in [2.05, 4.69) is 10.6 Å². The molecule has 0 bridgehead atoms. The minimum atomic E-state index is 0.413. The van der Waals surface area contributed by atoms with Crippen LogP contribution < -0.4 is 10.6 Å². The molecule has 4 heteroatoms. The molecule has 3 nitrogen and oxygen atoms in total. The van der Waals surface area contributed by atoms with Crippen molar-refractivity contribution in [1.29, 1.82) is 0 Å². The number of ether oxygens (including phenoxy) is 1. The van der Waals surface area contributed by atoms with Crippen molar-refractivity contribution in [2.75, 3.05) is 30.9 Å². The number of methoxy groups -OCH3 is 1. The summed E-state index contributed by atoms with van der Waals surface area (Å²) in [5, 5.41) is 7.58. The summed E-state index contributed by atoms with van der Waals surface area (Å²) in [7, 11) is 1.72. The summed E-state index contributed by atoms with van der Waals surface area (Å²) in [4.78, 5) is 0. The number of nitrogens with one attached hydrogen (secondary N) is 2. The number of rotatable bonds is 3. The van der Waals surface area contributed by atoms with Crippen LogP contribution in [0, 0.1) is 0 Å². The first-order valence-corrected chi connectivity index (χ1v) is 5.46. The number of halogens is 1. The zero-order chi connectivity index (χ0) is 10.7. The highest BCUT2D eigenvalue weighted by molar-refractivity contribution is 6.31. The fraction of sp³-hybridized carbons (Fsp3) is 0.455. The quantitative estimate of drug-likeness (QED) is 0.831. The van der Waals surface area contributed by atoms with Crippen molar-refractivity contribution < 1.29 is 4.74 Å². The lowest BCUT2D eigenvalue weighted by atomic mass is 10.1. The van der Waals surface area contributed by atoms with Crippen molar-refractivity contribution >= 4 is 23.0 Å². The van der Waals surface area contributed by atoms with Crippen LogP contribution in [0.15, 0.2) is 18.2 Å². The van der Waals surface area contributed by atoms with E-state index in [0.29, 0.717) is 6.04 Å². The number of hydrogen-bond acceptors (Lipinski definition) is 3. The molecule has 0 aliphatic carbocycles. The molecule has 2 rings (SSSR count). The second-order valence-electron chi connectivity index (χ2n) is 3.69. The summed E-state index contributed by atoms with van der Waals surface area (Å²) in [5.41, 5.74) is 2.20. The van der Waals surface area contributed by atoms with E-state index in [1.807, 2.05) is 18.2 Å². The van der Waals surface area contributed by atoms with Crippen molar-refractivity contribution in [2.45, 2.75) is 12.5 Å². The van der Waals surface area contributed by atoms with E-state index >= 15 is 0 Å². The molecular formula is C11H15ClN2O. The molecule has 0 fully saturated rings. The Morgan fingerprint density at radius 3 is 3.13 bits per heavy atom. The van der Waals surface area contributed by atoms with E-state index in [9.17, 15) is 0 Å². The van der Waals surface area contributed by atoms with Gasteiger partial charge in [0.25, 0.3) is 0 Å². The maximum Gasteiger partial charge on any atom is 0.0593 e. The number of fused-ring (bicyclic) bond motifs is 1. The molecule has 1 aliphatic heterocycles. The minimum absolute atomic E-state index is 0.413.